The monoisotopic (exact) mass is 389 g/mol. The van der Waals surface area contributed by atoms with Crippen LogP contribution in [0, 0.1) is 10.8 Å². The molecule has 1 aliphatic carbocycles. The van der Waals surface area contributed by atoms with Gasteiger partial charge in [0.1, 0.15) is 5.75 Å². The van der Waals surface area contributed by atoms with Crippen LogP contribution in [-0.2, 0) is 0 Å². The second-order valence-corrected chi connectivity index (χ2v) is 6.22. The van der Waals surface area contributed by atoms with Gasteiger partial charge in [0.05, 0.1) is 13.2 Å². The molecule has 20 heavy (non-hydrogen) atoms. The number of guanidine groups is 1. The van der Waals surface area contributed by atoms with E-state index in [9.17, 15) is 0 Å². The van der Waals surface area contributed by atoms with Gasteiger partial charge in [0.25, 0.3) is 0 Å². The van der Waals surface area contributed by atoms with Crippen LogP contribution in [0.15, 0.2) is 29.3 Å². The maximum Gasteiger partial charge on any atom is 0.193 e. The number of nitrogens with one attached hydrogen (secondary N) is 1. The molecule has 0 unspecified atom stereocenters. The largest absolute Gasteiger partial charge is 0.497 e. The van der Waals surface area contributed by atoms with Gasteiger partial charge in [-0.2, -0.15) is 0 Å². The number of anilines is 1. The Morgan fingerprint density at radius 2 is 1.85 bits per heavy atom. The predicted octanol–water partition coefficient (Wildman–Crippen LogP) is 3.47. The Balaban J connectivity index is 0.00000200. The third-order valence-corrected chi connectivity index (χ3v) is 4.55. The molecule has 0 atom stereocenters. The zero-order chi connectivity index (χ0) is 14.3. The van der Waals surface area contributed by atoms with E-state index in [1.54, 1.807) is 7.11 Å². The lowest BCUT2D eigenvalue weighted by atomic mass is 10.0. The molecule has 0 amide bonds. The van der Waals surface area contributed by atoms with Gasteiger partial charge in [-0.25, -0.2) is 4.99 Å². The Morgan fingerprint density at radius 3 is 2.35 bits per heavy atom. The number of ether oxygens (including phenoxy) is 1. The normalized spacial score (nSPS) is 19.9. The fourth-order valence-electron chi connectivity index (χ4n) is 2.50. The van der Waals surface area contributed by atoms with Gasteiger partial charge in [-0.1, -0.05) is 33.8 Å². The van der Waals surface area contributed by atoms with Gasteiger partial charge < -0.3 is 15.8 Å². The molecule has 4 nitrogen and oxygen atoms in total. The summed E-state index contributed by atoms with van der Waals surface area (Å²) in [4.78, 5) is 4.59. The Kier molecular flexibility index (Phi) is 4.94. The second kappa shape index (κ2) is 5.79. The molecule has 1 aromatic rings. The van der Waals surface area contributed by atoms with Gasteiger partial charge in [-0.15, -0.1) is 24.0 Å². The molecular formula is C15H24IN3O. The van der Waals surface area contributed by atoms with Crippen molar-refractivity contribution in [2.75, 3.05) is 12.4 Å². The van der Waals surface area contributed by atoms with Crippen LogP contribution in [0.2, 0.25) is 0 Å². The van der Waals surface area contributed by atoms with E-state index in [2.05, 4.69) is 38.0 Å². The highest BCUT2D eigenvalue weighted by atomic mass is 127. The molecule has 3 N–H and O–H groups in total. The molecule has 0 aliphatic heterocycles. The number of hydrogen-bond donors (Lipinski definition) is 2. The maximum absolute atomic E-state index is 5.98. The van der Waals surface area contributed by atoms with E-state index in [1.807, 2.05) is 24.3 Å². The van der Waals surface area contributed by atoms with Crippen molar-refractivity contribution in [2.24, 2.45) is 21.6 Å². The number of aliphatic imine (C=N–C) groups is 1. The lowest BCUT2D eigenvalue weighted by Crippen LogP contribution is -2.23. The smallest absolute Gasteiger partial charge is 0.193 e. The fraction of sp³-hybridized carbons (Fsp3) is 0.533. The summed E-state index contributed by atoms with van der Waals surface area (Å²) in [6.45, 7) is 8.89. The number of halogens is 1. The zero-order valence-electron chi connectivity index (χ0n) is 12.7. The van der Waals surface area contributed by atoms with Gasteiger partial charge in [0.2, 0.25) is 0 Å². The minimum atomic E-state index is 0. The Bertz CT molecular complexity index is 498. The third-order valence-electron chi connectivity index (χ3n) is 4.55. The average molecular weight is 389 g/mol. The molecule has 0 bridgehead atoms. The minimum absolute atomic E-state index is 0. The Morgan fingerprint density at radius 1 is 1.25 bits per heavy atom. The zero-order valence-corrected chi connectivity index (χ0v) is 15.1. The molecule has 2 rings (SSSR count). The van der Waals surface area contributed by atoms with E-state index in [4.69, 9.17) is 10.5 Å². The van der Waals surface area contributed by atoms with Crippen molar-refractivity contribution in [3.63, 3.8) is 0 Å². The highest BCUT2D eigenvalue weighted by Gasteiger charge is 2.65. The van der Waals surface area contributed by atoms with Crippen LogP contribution in [0.4, 0.5) is 5.69 Å². The second-order valence-electron chi connectivity index (χ2n) is 6.22. The predicted molar refractivity (Wildman–Crippen MR) is 95.0 cm³/mol. The maximum atomic E-state index is 5.98. The summed E-state index contributed by atoms with van der Waals surface area (Å²) in [7, 11) is 1.64. The summed E-state index contributed by atoms with van der Waals surface area (Å²) in [6, 6.07) is 7.91. The summed E-state index contributed by atoms with van der Waals surface area (Å²) in [5, 5.41) is 3.11. The highest BCUT2D eigenvalue weighted by Crippen LogP contribution is 2.64. The van der Waals surface area contributed by atoms with Crippen LogP contribution in [0.25, 0.3) is 0 Å². The lowest BCUT2D eigenvalue weighted by Gasteiger charge is -2.07. The number of benzene rings is 1. The van der Waals surface area contributed by atoms with Crippen molar-refractivity contribution in [1.82, 2.24) is 0 Å². The van der Waals surface area contributed by atoms with Gasteiger partial charge >= 0.3 is 0 Å². The molecule has 112 valence electrons. The van der Waals surface area contributed by atoms with Crippen LogP contribution in [0.1, 0.15) is 27.7 Å². The van der Waals surface area contributed by atoms with Crippen LogP contribution >= 0.6 is 24.0 Å². The Labute approximate surface area is 138 Å². The van der Waals surface area contributed by atoms with Crippen molar-refractivity contribution in [2.45, 2.75) is 33.7 Å². The highest BCUT2D eigenvalue weighted by molar-refractivity contribution is 14.0. The van der Waals surface area contributed by atoms with Crippen molar-refractivity contribution in [3.05, 3.63) is 24.3 Å². The quantitative estimate of drug-likeness (QED) is 0.473. The molecule has 5 heteroatoms. The topological polar surface area (TPSA) is 59.6 Å². The molecule has 1 aromatic carbocycles. The van der Waals surface area contributed by atoms with Crippen LogP contribution in [0.5, 0.6) is 5.75 Å². The average Bonchev–Trinajstić information content (AvgIpc) is 2.72. The van der Waals surface area contributed by atoms with Gasteiger partial charge in [-0.05, 0) is 23.0 Å². The number of rotatable bonds is 3. The number of methoxy groups -OCH3 is 1. The summed E-state index contributed by atoms with van der Waals surface area (Å²) in [5.74, 6) is 1.25. The summed E-state index contributed by atoms with van der Waals surface area (Å²) < 4.78 is 5.18. The molecule has 0 radical (unpaired) electrons. The van der Waals surface area contributed by atoms with Gasteiger partial charge in [-0.3, -0.25) is 0 Å². The standard InChI is InChI=1S/C15H23N3O.HI/c1-14(2)12(15(14,3)4)18-13(16)17-10-7-6-8-11(9-10)19-5;/h6-9,12H,1-5H3,(H3,16,17,18);1H. The van der Waals surface area contributed by atoms with Crippen LogP contribution < -0.4 is 15.8 Å². The molecular weight excluding hydrogens is 365 g/mol. The third kappa shape index (κ3) is 3.02. The van der Waals surface area contributed by atoms with E-state index in [0.717, 1.165) is 11.4 Å². The van der Waals surface area contributed by atoms with Crippen molar-refractivity contribution >= 4 is 35.6 Å². The molecule has 1 aliphatic rings. The van der Waals surface area contributed by atoms with Gasteiger partial charge in [0, 0.05) is 11.8 Å². The fourth-order valence-corrected chi connectivity index (χ4v) is 2.50. The SMILES string of the molecule is COc1cccc(NC(N)=NC2C(C)(C)C2(C)C)c1.I. The molecule has 0 heterocycles. The van der Waals surface area contributed by atoms with Crippen molar-refractivity contribution < 1.29 is 4.74 Å². The van der Waals surface area contributed by atoms with Crippen molar-refractivity contribution in [3.8, 4) is 5.75 Å². The summed E-state index contributed by atoms with van der Waals surface area (Å²) >= 11 is 0. The molecule has 0 aromatic heterocycles. The first kappa shape index (κ1) is 17.1. The first-order valence-electron chi connectivity index (χ1n) is 6.53. The summed E-state index contributed by atoms with van der Waals surface area (Å²) in [6.07, 6.45) is 0. The first-order chi connectivity index (χ1) is 8.79. The van der Waals surface area contributed by atoms with E-state index in [-0.39, 0.29) is 40.8 Å². The van der Waals surface area contributed by atoms with E-state index < -0.39 is 0 Å². The number of nitrogens with zero attached hydrogens (tertiary/aromatic N) is 1. The van der Waals surface area contributed by atoms with Crippen LogP contribution in [-0.4, -0.2) is 19.1 Å². The van der Waals surface area contributed by atoms with E-state index >= 15 is 0 Å². The number of nitrogens with two attached hydrogens (primary N) is 1. The molecule has 1 fully saturated rings. The lowest BCUT2D eigenvalue weighted by molar-refractivity contribution is 0.415. The number of hydrogen-bond acceptors (Lipinski definition) is 2. The van der Waals surface area contributed by atoms with Crippen LogP contribution in [0.3, 0.4) is 0 Å². The summed E-state index contributed by atoms with van der Waals surface area (Å²) in [5.41, 5.74) is 7.27. The van der Waals surface area contributed by atoms with Gasteiger partial charge in [0.15, 0.2) is 5.96 Å². The molecule has 0 spiro atoms. The molecule has 1 saturated carbocycles. The van der Waals surface area contributed by atoms with E-state index in [0.29, 0.717) is 5.96 Å². The Hall–Kier alpha value is -0.980. The van der Waals surface area contributed by atoms with Crippen molar-refractivity contribution in [1.29, 1.82) is 0 Å². The molecule has 0 saturated heterocycles. The first-order valence-corrected chi connectivity index (χ1v) is 6.53. The van der Waals surface area contributed by atoms with E-state index in [1.165, 1.54) is 0 Å². The minimum Gasteiger partial charge on any atom is -0.497 e.